The van der Waals surface area contributed by atoms with E-state index in [-0.39, 0.29) is 41.4 Å². The van der Waals surface area contributed by atoms with E-state index in [0.29, 0.717) is 50.3 Å². The van der Waals surface area contributed by atoms with Crippen molar-refractivity contribution in [2.45, 2.75) is 6.42 Å². The molecule has 1 heterocycles. The molecule has 1 aliphatic heterocycles. The fourth-order valence-corrected chi connectivity index (χ4v) is 6.94. The summed E-state index contributed by atoms with van der Waals surface area (Å²) in [7, 11) is 0. The van der Waals surface area contributed by atoms with E-state index in [9.17, 15) is 14.4 Å². The Hall–Kier alpha value is -3.61. The van der Waals surface area contributed by atoms with E-state index >= 15 is 0 Å². The number of carbonyl (C=O) groups excluding carboxylic acids is 3. The van der Waals surface area contributed by atoms with Gasteiger partial charge in [-0.25, -0.2) is 4.90 Å². The van der Waals surface area contributed by atoms with Gasteiger partial charge in [0.05, 0.1) is 22.5 Å². The first-order valence-corrected chi connectivity index (χ1v) is 13.3. The molecule has 0 radical (unpaired) electrons. The van der Waals surface area contributed by atoms with Crippen LogP contribution in [0.3, 0.4) is 0 Å². The molecule has 6 atom stereocenters. The number of halogens is 2. The Morgan fingerprint density at radius 1 is 0.868 bits per heavy atom. The first-order valence-electron chi connectivity index (χ1n) is 12.6. The molecule has 3 fully saturated rings. The maximum atomic E-state index is 13.4. The van der Waals surface area contributed by atoms with E-state index in [2.05, 4.69) is 17.5 Å². The zero-order chi connectivity index (χ0) is 26.1. The number of hydrogen-bond acceptors (Lipinski definition) is 4. The quantitative estimate of drug-likeness (QED) is 0.290. The molecule has 2 bridgehead atoms. The Labute approximate surface area is 229 Å². The minimum atomic E-state index is -0.347. The molecule has 6 nitrogen and oxygen atoms in total. The number of nitrogens with one attached hydrogen (secondary N) is 1. The molecule has 0 aromatic heterocycles. The van der Waals surface area contributed by atoms with Crippen LogP contribution >= 0.6 is 23.2 Å². The third kappa shape index (κ3) is 3.74. The number of benzene rings is 3. The molecular weight excluding hydrogens is 523 g/mol. The number of rotatable bonds is 5. The Balaban J connectivity index is 1.06. The molecule has 3 aromatic rings. The van der Waals surface area contributed by atoms with E-state index < -0.39 is 0 Å². The minimum absolute atomic E-state index is 0.140. The van der Waals surface area contributed by atoms with Crippen LogP contribution in [0.2, 0.25) is 10.0 Å². The molecule has 38 heavy (non-hydrogen) atoms. The van der Waals surface area contributed by atoms with E-state index in [1.165, 1.54) is 4.90 Å². The van der Waals surface area contributed by atoms with Gasteiger partial charge >= 0.3 is 0 Å². The van der Waals surface area contributed by atoms with Gasteiger partial charge in [-0.1, -0.05) is 41.4 Å². The standard InChI is InChI=1S/C30H22Cl2N2O4/c31-16-4-11-25(24(32)13-16)38-19-7-5-17(6-8-19)33-28(35)15-2-1-3-18(12-15)34-29(36)26-20-9-10-21(23-14-22(20)23)27(26)30(34)37/h1-13,20-23,26-27H,14H2,(H,33,35)/t20-,21+,22-,23-,26+,27-/m1/s1. The average Bonchev–Trinajstić information content (AvgIpc) is 3.69. The van der Waals surface area contributed by atoms with Crippen molar-refractivity contribution in [1.82, 2.24) is 0 Å². The lowest BCUT2D eigenvalue weighted by Gasteiger charge is -2.37. The molecule has 3 aromatic carbocycles. The molecular formula is C30H22Cl2N2O4. The molecule has 0 unspecified atom stereocenters. The zero-order valence-electron chi connectivity index (χ0n) is 20.0. The molecule has 3 amide bonds. The van der Waals surface area contributed by atoms with Gasteiger partial charge in [0.1, 0.15) is 11.5 Å². The summed E-state index contributed by atoms with van der Waals surface area (Å²) in [6.45, 7) is 0. The zero-order valence-corrected chi connectivity index (χ0v) is 21.5. The van der Waals surface area contributed by atoms with Crippen molar-refractivity contribution in [3.8, 4) is 11.5 Å². The van der Waals surface area contributed by atoms with E-state index in [4.69, 9.17) is 27.9 Å². The SMILES string of the molecule is O=C(Nc1ccc(Oc2ccc(Cl)cc2Cl)cc1)c1cccc(N2C(=O)[C@@H]3[C@H]4C=C[C@H]([C@H]5C[C@H]45)[C@@H]3C2=O)c1. The molecule has 1 saturated heterocycles. The molecule has 0 spiro atoms. The largest absolute Gasteiger partial charge is 0.456 e. The Bertz CT molecular complexity index is 1500. The second-order valence-electron chi connectivity index (χ2n) is 10.4. The molecule has 1 N–H and O–H groups in total. The second-order valence-corrected chi connectivity index (χ2v) is 11.2. The van der Waals surface area contributed by atoms with Gasteiger partial charge in [-0.05, 0) is 90.8 Å². The first kappa shape index (κ1) is 23.5. The van der Waals surface area contributed by atoms with Crippen LogP contribution in [-0.4, -0.2) is 17.7 Å². The van der Waals surface area contributed by atoms with Gasteiger partial charge in [0.15, 0.2) is 0 Å². The minimum Gasteiger partial charge on any atom is -0.456 e. The number of allylic oxidation sites excluding steroid dienone is 2. The monoisotopic (exact) mass is 544 g/mol. The van der Waals surface area contributed by atoms with Crippen LogP contribution in [-0.2, 0) is 9.59 Å². The van der Waals surface area contributed by atoms with Gasteiger partial charge in [-0.3, -0.25) is 14.4 Å². The lowest BCUT2D eigenvalue weighted by Crippen LogP contribution is -2.40. The van der Waals surface area contributed by atoms with Crippen molar-refractivity contribution in [2.24, 2.45) is 35.5 Å². The van der Waals surface area contributed by atoms with Gasteiger partial charge in [-0.15, -0.1) is 0 Å². The summed E-state index contributed by atoms with van der Waals surface area (Å²) in [5, 5.41) is 3.77. The third-order valence-corrected chi connectivity index (χ3v) is 8.79. The van der Waals surface area contributed by atoms with Crippen LogP contribution in [0.4, 0.5) is 11.4 Å². The summed E-state index contributed by atoms with van der Waals surface area (Å²) in [6.07, 6.45) is 5.42. The van der Waals surface area contributed by atoms with Crippen LogP contribution in [0.25, 0.3) is 0 Å². The predicted molar refractivity (Wildman–Crippen MR) is 145 cm³/mol. The molecule has 4 aliphatic carbocycles. The number of carbonyl (C=O) groups is 3. The van der Waals surface area contributed by atoms with Gasteiger partial charge < -0.3 is 10.1 Å². The smallest absolute Gasteiger partial charge is 0.255 e. The number of nitrogens with zero attached hydrogens (tertiary/aromatic N) is 1. The van der Waals surface area contributed by atoms with Crippen molar-refractivity contribution in [1.29, 1.82) is 0 Å². The average molecular weight is 545 g/mol. The van der Waals surface area contributed by atoms with Crippen LogP contribution in [0, 0.1) is 35.5 Å². The molecule has 8 rings (SSSR count). The first-order chi connectivity index (χ1) is 18.4. The summed E-state index contributed by atoms with van der Waals surface area (Å²) in [4.78, 5) is 41.2. The third-order valence-electron chi connectivity index (χ3n) is 8.26. The van der Waals surface area contributed by atoms with Crippen molar-refractivity contribution in [2.75, 3.05) is 10.2 Å². The number of ether oxygens (including phenoxy) is 1. The number of hydrogen-bond donors (Lipinski definition) is 1. The maximum Gasteiger partial charge on any atom is 0.255 e. The van der Waals surface area contributed by atoms with Crippen molar-refractivity contribution < 1.29 is 19.1 Å². The number of anilines is 2. The maximum absolute atomic E-state index is 13.4. The van der Waals surface area contributed by atoms with Crippen molar-refractivity contribution in [3.05, 3.63) is 94.5 Å². The lowest BCUT2D eigenvalue weighted by molar-refractivity contribution is -0.124. The molecule has 5 aliphatic rings. The Kier molecular flexibility index (Phi) is 5.39. The lowest BCUT2D eigenvalue weighted by atomic mass is 9.63. The number of amides is 3. The summed E-state index contributed by atoms with van der Waals surface area (Å²) < 4.78 is 5.79. The fourth-order valence-electron chi connectivity index (χ4n) is 6.49. The van der Waals surface area contributed by atoms with Gasteiger partial charge in [-0.2, -0.15) is 0 Å². The topological polar surface area (TPSA) is 75.7 Å². The summed E-state index contributed by atoms with van der Waals surface area (Å²) in [5.41, 5.74) is 1.37. The van der Waals surface area contributed by atoms with Crippen molar-refractivity contribution >= 4 is 52.3 Å². The van der Waals surface area contributed by atoms with Gasteiger partial charge in [0.25, 0.3) is 5.91 Å². The van der Waals surface area contributed by atoms with Crippen LogP contribution in [0.1, 0.15) is 16.8 Å². The fraction of sp³-hybridized carbons (Fsp3) is 0.233. The highest BCUT2D eigenvalue weighted by Crippen LogP contribution is 2.65. The summed E-state index contributed by atoms with van der Waals surface area (Å²) >= 11 is 12.1. The highest BCUT2D eigenvalue weighted by molar-refractivity contribution is 6.35. The van der Waals surface area contributed by atoms with Crippen LogP contribution < -0.4 is 15.0 Å². The van der Waals surface area contributed by atoms with Gasteiger partial charge in [0, 0.05) is 16.3 Å². The molecule has 2 saturated carbocycles. The van der Waals surface area contributed by atoms with Gasteiger partial charge in [0.2, 0.25) is 11.8 Å². The normalized spacial score (nSPS) is 28.2. The number of imide groups is 1. The van der Waals surface area contributed by atoms with Crippen molar-refractivity contribution in [3.63, 3.8) is 0 Å². The highest BCUT2D eigenvalue weighted by Gasteiger charge is 2.67. The Morgan fingerprint density at radius 3 is 2.21 bits per heavy atom. The van der Waals surface area contributed by atoms with E-state index in [0.717, 1.165) is 6.42 Å². The van der Waals surface area contributed by atoms with E-state index in [1.54, 1.807) is 66.7 Å². The highest BCUT2D eigenvalue weighted by atomic mass is 35.5. The van der Waals surface area contributed by atoms with E-state index in [1.807, 2.05) is 0 Å². The van der Waals surface area contributed by atoms with Crippen LogP contribution in [0.15, 0.2) is 78.9 Å². The predicted octanol–water partition coefficient (Wildman–Crippen LogP) is 6.60. The molecule has 190 valence electrons. The molecule has 8 heteroatoms. The van der Waals surface area contributed by atoms with Crippen LogP contribution in [0.5, 0.6) is 11.5 Å². The Morgan fingerprint density at radius 2 is 1.55 bits per heavy atom. The summed E-state index contributed by atoms with van der Waals surface area (Å²) in [6, 6.07) is 18.5. The summed E-state index contributed by atoms with van der Waals surface area (Å²) in [5.74, 6) is 1.23. The second kappa shape index (κ2) is 8.72.